The fraction of sp³-hybridized carbons (Fsp3) is 0.421. The van der Waals surface area contributed by atoms with Crippen LogP contribution >= 0.6 is 0 Å². The van der Waals surface area contributed by atoms with Gasteiger partial charge >= 0.3 is 0 Å². The van der Waals surface area contributed by atoms with E-state index < -0.39 is 10.0 Å². The van der Waals surface area contributed by atoms with E-state index in [4.69, 9.17) is 9.25 Å². The zero-order valence-corrected chi connectivity index (χ0v) is 17.4. The van der Waals surface area contributed by atoms with E-state index in [2.05, 4.69) is 24.1 Å². The molecule has 28 heavy (non-hydrogen) atoms. The predicted molar refractivity (Wildman–Crippen MR) is 105 cm³/mol. The van der Waals surface area contributed by atoms with Crippen LogP contribution in [0.15, 0.2) is 52.0 Å². The molecule has 0 saturated heterocycles. The van der Waals surface area contributed by atoms with Crippen molar-refractivity contribution in [2.24, 2.45) is 0 Å². The largest absolute Gasteiger partial charge is 0.468 e. The van der Waals surface area contributed by atoms with Gasteiger partial charge in [-0.3, -0.25) is 14.5 Å². The van der Waals surface area contributed by atoms with Crippen LogP contribution in [0.2, 0.25) is 0 Å². The number of sulfonamides is 1. The van der Waals surface area contributed by atoms with E-state index in [1.54, 1.807) is 6.26 Å². The third-order valence-corrected chi connectivity index (χ3v) is 6.28. The molecule has 0 saturated carbocycles. The zero-order chi connectivity index (χ0) is 20.7. The van der Waals surface area contributed by atoms with Crippen LogP contribution in [0.25, 0.3) is 0 Å². The van der Waals surface area contributed by atoms with Gasteiger partial charge in [0.2, 0.25) is 0 Å². The molecule has 0 aliphatic heterocycles. The van der Waals surface area contributed by atoms with Gasteiger partial charge in [0.1, 0.15) is 5.76 Å². The molecule has 1 heterocycles. The Morgan fingerprint density at radius 3 is 2.32 bits per heavy atom. The highest BCUT2D eigenvalue weighted by atomic mass is 32.2. The minimum atomic E-state index is -3.74. The lowest BCUT2D eigenvalue weighted by Crippen LogP contribution is -2.37. The van der Waals surface area contributed by atoms with Crippen LogP contribution < -0.4 is 5.32 Å². The van der Waals surface area contributed by atoms with Crippen molar-refractivity contribution in [2.45, 2.75) is 24.8 Å². The van der Waals surface area contributed by atoms with Crippen LogP contribution in [0.4, 0.5) is 0 Å². The van der Waals surface area contributed by atoms with Gasteiger partial charge in [-0.2, -0.15) is 0 Å². The molecular weight excluding hydrogens is 382 g/mol. The number of hydrogen-bond acceptors (Lipinski definition) is 6. The molecule has 0 aliphatic carbocycles. The second-order valence-electron chi connectivity index (χ2n) is 6.08. The molecule has 0 aliphatic rings. The topological polar surface area (TPSA) is 92.1 Å². The number of rotatable bonds is 10. The molecule has 0 radical (unpaired) electrons. The predicted octanol–water partition coefficient (Wildman–Crippen LogP) is 2.27. The molecule has 154 valence electrons. The third kappa shape index (κ3) is 4.99. The Kier molecular flexibility index (Phi) is 7.76. The molecule has 1 unspecified atom stereocenters. The van der Waals surface area contributed by atoms with Crippen molar-refractivity contribution in [3.8, 4) is 0 Å². The number of hydroxylamine groups is 1. The number of carbonyl (C=O) groups is 1. The smallest absolute Gasteiger partial charge is 0.264 e. The highest BCUT2D eigenvalue weighted by Crippen LogP contribution is 2.20. The summed E-state index contributed by atoms with van der Waals surface area (Å²) in [6.45, 7) is 6.12. The molecule has 1 N–H and O–H groups in total. The highest BCUT2D eigenvalue weighted by Gasteiger charge is 2.23. The molecule has 1 amide bonds. The summed E-state index contributed by atoms with van der Waals surface area (Å²) in [5, 5.41) is 2.90. The summed E-state index contributed by atoms with van der Waals surface area (Å²) in [6.07, 6.45) is 1.61. The van der Waals surface area contributed by atoms with E-state index in [-0.39, 0.29) is 16.8 Å². The van der Waals surface area contributed by atoms with Crippen LogP contribution in [0.1, 0.15) is 36.0 Å². The Morgan fingerprint density at radius 2 is 1.82 bits per heavy atom. The van der Waals surface area contributed by atoms with Gasteiger partial charge in [0, 0.05) is 19.2 Å². The molecule has 0 spiro atoms. The second kappa shape index (κ2) is 9.83. The Hall–Kier alpha value is -2.20. The van der Waals surface area contributed by atoms with Crippen LogP contribution in [0.5, 0.6) is 0 Å². The monoisotopic (exact) mass is 409 g/mol. The van der Waals surface area contributed by atoms with E-state index in [1.165, 1.54) is 38.4 Å². The first kappa shape index (κ1) is 22.1. The number of carbonyl (C=O) groups excluding carboxylic acids is 1. The summed E-state index contributed by atoms with van der Waals surface area (Å²) < 4.78 is 30.7. The van der Waals surface area contributed by atoms with E-state index in [0.29, 0.717) is 12.1 Å². The first-order chi connectivity index (χ1) is 13.3. The summed E-state index contributed by atoms with van der Waals surface area (Å²) in [7, 11) is -1.17. The van der Waals surface area contributed by atoms with Gasteiger partial charge in [-0.25, -0.2) is 8.42 Å². The van der Waals surface area contributed by atoms with Crippen LogP contribution in [-0.4, -0.2) is 57.5 Å². The average molecular weight is 410 g/mol. The summed E-state index contributed by atoms with van der Waals surface area (Å²) in [6, 6.07) is 9.35. The van der Waals surface area contributed by atoms with E-state index in [9.17, 15) is 13.2 Å². The maximum Gasteiger partial charge on any atom is 0.264 e. The number of nitrogens with zero attached hydrogens (tertiary/aromatic N) is 2. The Labute approximate surface area is 166 Å². The van der Waals surface area contributed by atoms with E-state index in [1.807, 2.05) is 12.1 Å². The van der Waals surface area contributed by atoms with Crippen LogP contribution in [0.3, 0.4) is 0 Å². The third-order valence-electron chi connectivity index (χ3n) is 4.59. The van der Waals surface area contributed by atoms with E-state index >= 15 is 0 Å². The molecule has 0 fully saturated rings. The van der Waals surface area contributed by atoms with Gasteiger partial charge in [-0.1, -0.05) is 18.3 Å². The molecular formula is C19H27N3O5S. The first-order valence-electron chi connectivity index (χ1n) is 9.03. The molecule has 8 nitrogen and oxygen atoms in total. The number of likely N-dealkylation sites (N-methyl/N-ethyl adjacent to an activating group) is 1. The number of furan rings is 1. The maximum atomic E-state index is 12.5. The Balaban J connectivity index is 2.09. The average Bonchev–Trinajstić information content (AvgIpc) is 3.24. The first-order valence-corrected chi connectivity index (χ1v) is 10.5. The molecule has 0 bridgehead atoms. The minimum absolute atomic E-state index is 0.0463. The summed E-state index contributed by atoms with van der Waals surface area (Å²) in [5.41, 5.74) is 0.372. The van der Waals surface area contributed by atoms with Gasteiger partial charge in [0.15, 0.2) is 0 Å². The molecule has 1 atom stereocenters. The van der Waals surface area contributed by atoms with Crippen molar-refractivity contribution in [2.75, 3.05) is 33.8 Å². The standard InChI is InChI=1S/C19H27N3O5S/c1-5-22(6-2)17(18-8-7-13-27-18)14-20-19(23)15-9-11-16(12-10-15)28(24,25)21(3)26-4/h7-13,17H,5-6,14H2,1-4H3,(H,20,23). The number of hydrogen-bond donors (Lipinski definition) is 1. The molecule has 2 rings (SSSR count). The Morgan fingerprint density at radius 1 is 1.18 bits per heavy atom. The second-order valence-corrected chi connectivity index (χ2v) is 8.02. The van der Waals surface area contributed by atoms with Gasteiger partial charge in [-0.15, -0.1) is 0 Å². The molecule has 9 heteroatoms. The van der Waals surface area contributed by atoms with Crippen molar-refractivity contribution in [3.05, 3.63) is 54.0 Å². The van der Waals surface area contributed by atoms with Gasteiger partial charge < -0.3 is 9.73 Å². The lowest BCUT2D eigenvalue weighted by Gasteiger charge is -2.28. The van der Waals surface area contributed by atoms with Crippen molar-refractivity contribution in [1.29, 1.82) is 0 Å². The highest BCUT2D eigenvalue weighted by molar-refractivity contribution is 7.89. The van der Waals surface area contributed by atoms with Crippen molar-refractivity contribution in [1.82, 2.24) is 14.7 Å². The number of amides is 1. The number of benzene rings is 1. The van der Waals surface area contributed by atoms with Crippen molar-refractivity contribution in [3.63, 3.8) is 0 Å². The van der Waals surface area contributed by atoms with Crippen LogP contribution in [-0.2, 0) is 14.9 Å². The van der Waals surface area contributed by atoms with Gasteiger partial charge in [0.05, 0.1) is 24.3 Å². The SMILES string of the molecule is CCN(CC)C(CNC(=O)c1ccc(S(=O)(=O)N(C)OC)cc1)c1ccco1. The fourth-order valence-corrected chi connectivity index (χ4v) is 3.84. The van der Waals surface area contributed by atoms with Gasteiger partial charge in [0.25, 0.3) is 15.9 Å². The number of nitrogens with one attached hydrogen (secondary N) is 1. The maximum absolute atomic E-state index is 12.5. The van der Waals surface area contributed by atoms with Gasteiger partial charge in [-0.05, 0) is 49.5 Å². The molecule has 1 aromatic carbocycles. The Bertz CT molecular complexity index is 846. The van der Waals surface area contributed by atoms with Crippen LogP contribution in [0, 0.1) is 0 Å². The molecule has 1 aromatic heterocycles. The molecule has 2 aromatic rings. The van der Waals surface area contributed by atoms with Crippen molar-refractivity contribution < 1.29 is 22.5 Å². The fourth-order valence-electron chi connectivity index (χ4n) is 2.87. The quantitative estimate of drug-likeness (QED) is 0.605. The van der Waals surface area contributed by atoms with Crippen molar-refractivity contribution >= 4 is 15.9 Å². The lowest BCUT2D eigenvalue weighted by molar-refractivity contribution is -0.0258. The lowest BCUT2D eigenvalue weighted by atomic mass is 10.1. The van der Waals surface area contributed by atoms with E-state index in [0.717, 1.165) is 23.3 Å². The summed E-state index contributed by atoms with van der Waals surface area (Å²) in [5.74, 6) is 0.501. The zero-order valence-electron chi connectivity index (χ0n) is 16.6. The summed E-state index contributed by atoms with van der Waals surface area (Å²) in [4.78, 5) is 19.5. The normalized spacial score (nSPS) is 13.1. The minimum Gasteiger partial charge on any atom is -0.468 e. The summed E-state index contributed by atoms with van der Waals surface area (Å²) >= 11 is 0.